The second-order valence-electron chi connectivity index (χ2n) is 5.65. The Morgan fingerprint density at radius 1 is 1.12 bits per heavy atom. The molecule has 3 atom stereocenters. The van der Waals surface area contributed by atoms with Crippen LogP contribution in [0.5, 0.6) is 0 Å². The highest BCUT2D eigenvalue weighted by molar-refractivity contribution is 5.66. The second-order valence-corrected chi connectivity index (χ2v) is 5.65. The van der Waals surface area contributed by atoms with Gasteiger partial charge in [-0.25, -0.2) is 0 Å². The van der Waals surface area contributed by atoms with E-state index in [0.29, 0.717) is 6.42 Å². The number of aliphatic hydroxyl groups excluding tert-OH is 1. The molecule has 0 aromatic rings. The fraction of sp³-hybridized carbons (Fsp3) is 0.450. The number of carboxylic acids is 1. The number of epoxide rings is 1. The molecule has 4 nitrogen and oxygen atoms in total. The summed E-state index contributed by atoms with van der Waals surface area (Å²) in [6.07, 6.45) is 22.7. The van der Waals surface area contributed by atoms with Gasteiger partial charge in [-0.15, -0.1) is 0 Å². The standard InChI is InChI=1S/C20H28O4/c1-2-17(21)13-10-8-6-4-3-5-7-9-11-14-18-19(24-18)15-12-16-20(22)23/h3,5-11,13-14,17-19,21H,2,4,12,15-16H2,1H3,(H,22,23)/b5-3-,8-6-,9-7+,13-10+,14-11+/t17?,18-,19-/m0/s1. The van der Waals surface area contributed by atoms with E-state index in [1.54, 1.807) is 6.08 Å². The highest BCUT2D eigenvalue weighted by atomic mass is 16.6. The van der Waals surface area contributed by atoms with Crippen molar-refractivity contribution in [3.63, 3.8) is 0 Å². The van der Waals surface area contributed by atoms with Gasteiger partial charge >= 0.3 is 5.97 Å². The molecule has 0 radical (unpaired) electrons. The number of aliphatic carboxylic acids is 1. The van der Waals surface area contributed by atoms with Gasteiger partial charge in [-0.2, -0.15) is 0 Å². The lowest BCUT2D eigenvalue weighted by molar-refractivity contribution is -0.137. The van der Waals surface area contributed by atoms with Crippen LogP contribution in [0.15, 0.2) is 60.8 Å². The van der Waals surface area contributed by atoms with Crippen LogP contribution in [0.1, 0.15) is 39.0 Å². The molecule has 1 saturated heterocycles. The van der Waals surface area contributed by atoms with Crippen LogP contribution < -0.4 is 0 Å². The Labute approximate surface area is 144 Å². The molecule has 0 aromatic heterocycles. The topological polar surface area (TPSA) is 70.1 Å². The average Bonchev–Trinajstić information content (AvgIpc) is 3.30. The highest BCUT2D eigenvalue weighted by Crippen LogP contribution is 2.28. The van der Waals surface area contributed by atoms with Crippen LogP contribution >= 0.6 is 0 Å². The van der Waals surface area contributed by atoms with E-state index in [4.69, 9.17) is 9.84 Å². The van der Waals surface area contributed by atoms with E-state index in [-0.39, 0.29) is 24.7 Å². The van der Waals surface area contributed by atoms with Crippen molar-refractivity contribution in [1.29, 1.82) is 0 Å². The van der Waals surface area contributed by atoms with Gasteiger partial charge in [-0.05, 0) is 25.7 Å². The molecule has 0 spiro atoms. The molecule has 132 valence electrons. The summed E-state index contributed by atoms with van der Waals surface area (Å²) in [5, 5.41) is 17.9. The average molecular weight is 332 g/mol. The molecule has 0 bridgehead atoms. The lowest BCUT2D eigenvalue weighted by Gasteiger charge is -1.95. The molecule has 1 rings (SSSR count). The zero-order valence-electron chi connectivity index (χ0n) is 14.3. The van der Waals surface area contributed by atoms with E-state index in [1.165, 1.54) is 0 Å². The predicted molar refractivity (Wildman–Crippen MR) is 96.8 cm³/mol. The van der Waals surface area contributed by atoms with Crippen LogP contribution in [0.25, 0.3) is 0 Å². The summed E-state index contributed by atoms with van der Waals surface area (Å²) in [6, 6.07) is 0. The predicted octanol–water partition coefficient (Wildman–Crippen LogP) is 3.95. The number of carboxylic acid groups (broad SMARTS) is 1. The maximum Gasteiger partial charge on any atom is 0.303 e. The molecular weight excluding hydrogens is 304 g/mol. The quantitative estimate of drug-likeness (QED) is 0.419. The summed E-state index contributed by atoms with van der Waals surface area (Å²) in [6.45, 7) is 1.94. The molecule has 4 heteroatoms. The van der Waals surface area contributed by atoms with Gasteiger partial charge in [-0.3, -0.25) is 4.79 Å². The summed E-state index contributed by atoms with van der Waals surface area (Å²) < 4.78 is 5.44. The van der Waals surface area contributed by atoms with Gasteiger partial charge in [0.05, 0.1) is 12.2 Å². The van der Waals surface area contributed by atoms with Gasteiger partial charge in [0.1, 0.15) is 6.10 Å². The number of rotatable bonds is 12. The zero-order valence-corrected chi connectivity index (χ0v) is 14.3. The summed E-state index contributed by atoms with van der Waals surface area (Å²) >= 11 is 0. The first-order valence-electron chi connectivity index (χ1n) is 8.52. The molecule has 1 heterocycles. The Hall–Kier alpha value is -1.91. The molecule has 1 unspecified atom stereocenters. The second kappa shape index (κ2) is 12.5. The van der Waals surface area contributed by atoms with Crippen molar-refractivity contribution in [1.82, 2.24) is 0 Å². The minimum atomic E-state index is -0.748. The molecular formula is C20H28O4. The number of allylic oxidation sites excluding steroid dienone is 8. The minimum absolute atomic E-state index is 0.139. The Balaban J connectivity index is 2.06. The van der Waals surface area contributed by atoms with Crippen molar-refractivity contribution in [3.8, 4) is 0 Å². The van der Waals surface area contributed by atoms with Gasteiger partial charge in [0.25, 0.3) is 0 Å². The van der Waals surface area contributed by atoms with E-state index in [0.717, 1.165) is 19.3 Å². The molecule has 1 aliphatic heterocycles. The summed E-state index contributed by atoms with van der Waals surface area (Å²) in [5.41, 5.74) is 0. The SMILES string of the molecule is CCC(O)/C=C/C=C\C\C=C/C=C/C=C/[C@@H]1O[C@H]1CCCC(=O)O. The molecule has 0 aliphatic carbocycles. The molecule has 2 N–H and O–H groups in total. The Bertz CT molecular complexity index is 500. The van der Waals surface area contributed by atoms with Gasteiger partial charge < -0.3 is 14.9 Å². The molecule has 0 saturated carbocycles. The number of ether oxygens (including phenoxy) is 1. The summed E-state index contributed by atoms with van der Waals surface area (Å²) in [7, 11) is 0. The van der Waals surface area contributed by atoms with Gasteiger partial charge in [0.2, 0.25) is 0 Å². The Morgan fingerprint density at radius 3 is 2.54 bits per heavy atom. The molecule has 0 amide bonds. The van der Waals surface area contributed by atoms with E-state index in [9.17, 15) is 9.90 Å². The van der Waals surface area contributed by atoms with Crippen LogP contribution in [-0.4, -0.2) is 34.5 Å². The van der Waals surface area contributed by atoms with E-state index in [2.05, 4.69) is 0 Å². The normalized spacial score (nSPS) is 22.6. The zero-order chi connectivity index (χ0) is 17.6. The monoisotopic (exact) mass is 332 g/mol. The van der Waals surface area contributed by atoms with Crippen molar-refractivity contribution >= 4 is 5.97 Å². The summed E-state index contributed by atoms with van der Waals surface area (Å²) in [5.74, 6) is -0.748. The number of carbonyl (C=O) groups is 1. The van der Waals surface area contributed by atoms with Crippen LogP contribution in [0, 0.1) is 0 Å². The van der Waals surface area contributed by atoms with Crippen LogP contribution in [-0.2, 0) is 9.53 Å². The number of aliphatic hydroxyl groups is 1. The molecule has 1 fully saturated rings. The van der Waals surface area contributed by atoms with E-state index >= 15 is 0 Å². The van der Waals surface area contributed by atoms with Gasteiger partial charge in [0, 0.05) is 6.42 Å². The molecule has 0 aromatic carbocycles. The minimum Gasteiger partial charge on any atom is -0.481 e. The van der Waals surface area contributed by atoms with Crippen molar-refractivity contribution in [2.75, 3.05) is 0 Å². The van der Waals surface area contributed by atoms with E-state index in [1.807, 2.05) is 61.6 Å². The van der Waals surface area contributed by atoms with E-state index < -0.39 is 5.97 Å². The third-order valence-electron chi connectivity index (χ3n) is 3.54. The largest absolute Gasteiger partial charge is 0.481 e. The third-order valence-corrected chi connectivity index (χ3v) is 3.54. The van der Waals surface area contributed by atoms with Crippen LogP contribution in [0.4, 0.5) is 0 Å². The van der Waals surface area contributed by atoms with Crippen LogP contribution in [0.3, 0.4) is 0 Å². The smallest absolute Gasteiger partial charge is 0.303 e. The van der Waals surface area contributed by atoms with Crippen LogP contribution in [0.2, 0.25) is 0 Å². The molecule has 24 heavy (non-hydrogen) atoms. The van der Waals surface area contributed by atoms with Gasteiger partial charge in [-0.1, -0.05) is 67.7 Å². The van der Waals surface area contributed by atoms with Crippen molar-refractivity contribution in [3.05, 3.63) is 60.8 Å². The van der Waals surface area contributed by atoms with Crippen molar-refractivity contribution in [2.24, 2.45) is 0 Å². The van der Waals surface area contributed by atoms with Gasteiger partial charge in [0.15, 0.2) is 0 Å². The Kier molecular flexibility index (Phi) is 10.5. The van der Waals surface area contributed by atoms with Crippen molar-refractivity contribution < 1.29 is 19.7 Å². The van der Waals surface area contributed by atoms with Crippen molar-refractivity contribution in [2.45, 2.75) is 57.3 Å². The first-order chi connectivity index (χ1) is 11.6. The maximum absolute atomic E-state index is 10.4. The number of hydrogen-bond donors (Lipinski definition) is 2. The summed E-state index contributed by atoms with van der Waals surface area (Å²) in [4.78, 5) is 10.4. The lowest BCUT2D eigenvalue weighted by atomic mass is 10.1. The highest BCUT2D eigenvalue weighted by Gasteiger charge is 2.35. The molecule has 1 aliphatic rings. The fourth-order valence-electron chi connectivity index (χ4n) is 2.04. The first kappa shape index (κ1) is 20.1. The maximum atomic E-state index is 10.4. The third kappa shape index (κ3) is 10.8. The Morgan fingerprint density at radius 2 is 1.83 bits per heavy atom. The lowest BCUT2D eigenvalue weighted by Crippen LogP contribution is -1.97. The fourth-order valence-corrected chi connectivity index (χ4v) is 2.04. The number of hydrogen-bond acceptors (Lipinski definition) is 3. The first-order valence-corrected chi connectivity index (χ1v) is 8.52.